The van der Waals surface area contributed by atoms with Gasteiger partial charge in [-0.3, -0.25) is 4.98 Å². The molecule has 7 nitrogen and oxygen atoms in total. The molecule has 0 amide bonds. The van der Waals surface area contributed by atoms with Gasteiger partial charge in [-0.25, -0.2) is 4.68 Å². The molecule has 0 radical (unpaired) electrons. The van der Waals surface area contributed by atoms with E-state index in [2.05, 4.69) is 44.9 Å². The van der Waals surface area contributed by atoms with Gasteiger partial charge in [0, 0.05) is 18.8 Å². The van der Waals surface area contributed by atoms with Crippen LogP contribution in [0.5, 0.6) is 5.75 Å². The van der Waals surface area contributed by atoms with E-state index >= 15 is 0 Å². The Morgan fingerprint density at radius 1 is 1.22 bits per heavy atom. The first kappa shape index (κ1) is 15.1. The molecule has 1 N–H and O–H groups in total. The quantitative estimate of drug-likeness (QED) is 0.670. The standard InChI is InChI=1S/C16H18N6O/c1-13(18-9-10-23-16-3-2-8-17-11-16)14-4-6-15(7-5-14)22-12-19-20-21-22/h2-8,11-13,18H,9-10H2,1H3. The molecular formula is C16H18N6O. The van der Waals surface area contributed by atoms with Crippen LogP contribution in [-0.2, 0) is 0 Å². The van der Waals surface area contributed by atoms with Crippen LogP contribution in [-0.4, -0.2) is 38.3 Å². The fourth-order valence-electron chi connectivity index (χ4n) is 2.19. The van der Waals surface area contributed by atoms with Gasteiger partial charge in [0.05, 0.1) is 11.9 Å². The molecule has 2 heterocycles. The lowest BCUT2D eigenvalue weighted by Crippen LogP contribution is -2.24. The van der Waals surface area contributed by atoms with Gasteiger partial charge in [-0.2, -0.15) is 0 Å². The minimum absolute atomic E-state index is 0.232. The number of hydrogen-bond acceptors (Lipinski definition) is 6. The predicted octanol–water partition coefficient (Wildman–Crippen LogP) is 1.79. The molecule has 0 saturated carbocycles. The molecule has 1 aromatic carbocycles. The minimum atomic E-state index is 0.232. The van der Waals surface area contributed by atoms with Gasteiger partial charge in [0.25, 0.3) is 0 Å². The highest BCUT2D eigenvalue weighted by atomic mass is 16.5. The van der Waals surface area contributed by atoms with Crippen LogP contribution in [0.1, 0.15) is 18.5 Å². The molecule has 0 bridgehead atoms. The Morgan fingerprint density at radius 2 is 2.09 bits per heavy atom. The normalized spacial score (nSPS) is 12.0. The fraction of sp³-hybridized carbons (Fsp3) is 0.250. The maximum absolute atomic E-state index is 5.61. The average Bonchev–Trinajstić information content (AvgIpc) is 3.14. The summed E-state index contributed by atoms with van der Waals surface area (Å²) in [5, 5.41) is 14.6. The number of rotatable bonds is 7. The number of nitrogens with one attached hydrogen (secondary N) is 1. The summed E-state index contributed by atoms with van der Waals surface area (Å²) in [4.78, 5) is 4.01. The first-order valence-corrected chi connectivity index (χ1v) is 7.42. The van der Waals surface area contributed by atoms with Crippen molar-refractivity contribution in [2.24, 2.45) is 0 Å². The number of ether oxygens (including phenoxy) is 1. The second kappa shape index (κ2) is 7.46. The summed E-state index contributed by atoms with van der Waals surface area (Å²) >= 11 is 0. The third kappa shape index (κ3) is 4.10. The molecule has 0 aliphatic carbocycles. The highest BCUT2D eigenvalue weighted by Gasteiger charge is 2.05. The molecule has 1 unspecified atom stereocenters. The molecular weight excluding hydrogens is 292 g/mol. The average molecular weight is 310 g/mol. The van der Waals surface area contributed by atoms with Gasteiger partial charge in [0.1, 0.15) is 18.7 Å². The summed E-state index contributed by atoms with van der Waals surface area (Å²) in [6.07, 6.45) is 5.01. The number of nitrogens with zero attached hydrogens (tertiary/aromatic N) is 5. The Bertz CT molecular complexity index is 699. The van der Waals surface area contributed by atoms with Crippen molar-refractivity contribution in [2.45, 2.75) is 13.0 Å². The number of aromatic nitrogens is 5. The number of hydrogen-bond donors (Lipinski definition) is 1. The lowest BCUT2D eigenvalue weighted by molar-refractivity contribution is 0.306. The van der Waals surface area contributed by atoms with Crippen LogP contribution in [0.15, 0.2) is 55.1 Å². The van der Waals surface area contributed by atoms with Gasteiger partial charge >= 0.3 is 0 Å². The van der Waals surface area contributed by atoms with E-state index in [0.717, 1.165) is 18.0 Å². The van der Waals surface area contributed by atoms with Gasteiger partial charge in [0.15, 0.2) is 0 Å². The van der Waals surface area contributed by atoms with Crippen molar-refractivity contribution in [3.63, 3.8) is 0 Å². The third-order valence-electron chi connectivity index (χ3n) is 3.46. The van der Waals surface area contributed by atoms with E-state index in [-0.39, 0.29) is 6.04 Å². The van der Waals surface area contributed by atoms with Crippen LogP contribution in [0, 0.1) is 0 Å². The topological polar surface area (TPSA) is 77.8 Å². The van der Waals surface area contributed by atoms with Crippen LogP contribution in [0.2, 0.25) is 0 Å². The molecule has 23 heavy (non-hydrogen) atoms. The first-order valence-electron chi connectivity index (χ1n) is 7.42. The lowest BCUT2D eigenvalue weighted by atomic mass is 10.1. The second-order valence-corrected chi connectivity index (χ2v) is 5.06. The SMILES string of the molecule is CC(NCCOc1cccnc1)c1ccc(-n2cnnn2)cc1. The molecule has 3 rings (SSSR count). The summed E-state index contributed by atoms with van der Waals surface area (Å²) in [5.74, 6) is 0.785. The van der Waals surface area contributed by atoms with E-state index in [9.17, 15) is 0 Å². The maximum atomic E-state index is 5.61. The monoisotopic (exact) mass is 310 g/mol. The van der Waals surface area contributed by atoms with Crippen LogP contribution in [0.3, 0.4) is 0 Å². The van der Waals surface area contributed by atoms with Crippen molar-refractivity contribution in [1.82, 2.24) is 30.5 Å². The predicted molar refractivity (Wildman–Crippen MR) is 85.3 cm³/mol. The zero-order valence-electron chi connectivity index (χ0n) is 12.8. The van der Waals surface area contributed by atoms with E-state index in [4.69, 9.17) is 4.74 Å². The van der Waals surface area contributed by atoms with E-state index < -0.39 is 0 Å². The summed E-state index contributed by atoms with van der Waals surface area (Å²) in [5.41, 5.74) is 2.13. The largest absolute Gasteiger partial charge is 0.491 e. The fourth-order valence-corrected chi connectivity index (χ4v) is 2.19. The van der Waals surface area contributed by atoms with Crippen molar-refractivity contribution in [1.29, 1.82) is 0 Å². The zero-order valence-corrected chi connectivity index (χ0v) is 12.8. The lowest BCUT2D eigenvalue weighted by Gasteiger charge is -2.15. The molecule has 7 heteroatoms. The van der Waals surface area contributed by atoms with Gasteiger partial charge in [-0.1, -0.05) is 12.1 Å². The number of benzene rings is 1. The molecule has 0 fully saturated rings. The highest BCUT2D eigenvalue weighted by molar-refractivity contribution is 5.34. The van der Waals surface area contributed by atoms with Gasteiger partial charge in [0.2, 0.25) is 0 Å². The van der Waals surface area contributed by atoms with Crippen LogP contribution >= 0.6 is 0 Å². The zero-order chi connectivity index (χ0) is 15.9. The Hall–Kier alpha value is -2.80. The highest BCUT2D eigenvalue weighted by Crippen LogP contribution is 2.14. The summed E-state index contributed by atoms with van der Waals surface area (Å²) < 4.78 is 7.24. The van der Waals surface area contributed by atoms with Crippen molar-refractivity contribution < 1.29 is 4.74 Å². The Kier molecular flexibility index (Phi) is 4.90. The van der Waals surface area contributed by atoms with Crippen molar-refractivity contribution in [3.8, 4) is 11.4 Å². The molecule has 0 aliphatic heterocycles. The number of pyridine rings is 1. The maximum Gasteiger partial charge on any atom is 0.143 e. The Labute approximate surface area is 134 Å². The van der Waals surface area contributed by atoms with E-state index in [1.807, 2.05) is 24.3 Å². The van der Waals surface area contributed by atoms with Crippen LogP contribution in [0.25, 0.3) is 5.69 Å². The van der Waals surface area contributed by atoms with E-state index in [0.29, 0.717) is 6.61 Å². The molecule has 118 valence electrons. The molecule has 1 atom stereocenters. The molecule has 3 aromatic rings. The second-order valence-electron chi connectivity index (χ2n) is 5.06. The smallest absolute Gasteiger partial charge is 0.143 e. The van der Waals surface area contributed by atoms with Gasteiger partial charge in [-0.05, 0) is 47.2 Å². The first-order chi connectivity index (χ1) is 11.3. The van der Waals surface area contributed by atoms with E-state index in [1.54, 1.807) is 23.4 Å². The molecule has 0 spiro atoms. The molecule has 2 aromatic heterocycles. The summed E-state index contributed by atoms with van der Waals surface area (Å²) in [7, 11) is 0. The number of tetrazole rings is 1. The Morgan fingerprint density at radius 3 is 2.78 bits per heavy atom. The molecule has 0 aliphatic rings. The summed E-state index contributed by atoms with van der Waals surface area (Å²) in [6, 6.07) is 12.1. The van der Waals surface area contributed by atoms with Crippen molar-refractivity contribution in [2.75, 3.05) is 13.2 Å². The van der Waals surface area contributed by atoms with E-state index in [1.165, 1.54) is 5.56 Å². The van der Waals surface area contributed by atoms with Crippen LogP contribution in [0.4, 0.5) is 0 Å². The Balaban J connectivity index is 1.47. The summed E-state index contributed by atoms with van der Waals surface area (Å²) in [6.45, 7) is 3.47. The third-order valence-corrected chi connectivity index (χ3v) is 3.46. The minimum Gasteiger partial charge on any atom is -0.491 e. The van der Waals surface area contributed by atoms with Gasteiger partial charge in [-0.15, -0.1) is 5.10 Å². The van der Waals surface area contributed by atoms with Crippen molar-refractivity contribution >= 4 is 0 Å². The van der Waals surface area contributed by atoms with Crippen LogP contribution < -0.4 is 10.1 Å². The van der Waals surface area contributed by atoms with Gasteiger partial charge < -0.3 is 10.1 Å². The molecule has 0 saturated heterocycles. The van der Waals surface area contributed by atoms with Crippen molar-refractivity contribution in [3.05, 3.63) is 60.7 Å².